The number of ether oxygens (including phenoxy) is 2. The van der Waals surface area contributed by atoms with Crippen LogP contribution in [0, 0.1) is 0 Å². The van der Waals surface area contributed by atoms with Gasteiger partial charge >= 0.3 is 12.1 Å². The van der Waals surface area contributed by atoms with Crippen molar-refractivity contribution in [1.29, 1.82) is 0 Å². The van der Waals surface area contributed by atoms with Crippen molar-refractivity contribution in [1.82, 2.24) is 4.42 Å². The van der Waals surface area contributed by atoms with Gasteiger partial charge in [-0.05, 0) is 20.8 Å². The van der Waals surface area contributed by atoms with Gasteiger partial charge in [0.1, 0.15) is 5.60 Å². The van der Waals surface area contributed by atoms with Crippen LogP contribution in [0.2, 0.25) is 0 Å². The van der Waals surface area contributed by atoms with Crippen molar-refractivity contribution >= 4 is 23.8 Å². The highest BCUT2D eigenvalue weighted by Crippen LogP contribution is 2.14. The van der Waals surface area contributed by atoms with Gasteiger partial charge in [-0.25, -0.2) is 14.0 Å². The van der Waals surface area contributed by atoms with Gasteiger partial charge in [-0.2, -0.15) is 0 Å². The highest BCUT2D eigenvalue weighted by molar-refractivity contribution is 6.21. The maximum Gasteiger partial charge on any atom is 0.425 e. The lowest BCUT2D eigenvalue weighted by Gasteiger charge is -2.25. The van der Waals surface area contributed by atoms with Crippen molar-refractivity contribution in [2.24, 2.45) is 0 Å². The second kappa shape index (κ2) is 5.91. The number of halogens is 1. The number of amides is 1. The number of esters is 1. The van der Waals surface area contributed by atoms with Crippen molar-refractivity contribution in [2.45, 2.75) is 32.4 Å². The second-order valence-corrected chi connectivity index (χ2v) is 4.38. The Bertz CT molecular complexity index is 263. The molecule has 16 heavy (non-hydrogen) atoms. The molecule has 7 heteroatoms. The van der Waals surface area contributed by atoms with Crippen LogP contribution in [0.5, 0.6) is 0 Å². The molecule has 0 aliphatic heterocycles. The third-order valence-electron chi connectivity index (χ3n) is 1.49. The van der Waals surface area contributed by atoms with Gasteiger partial charge in [-0.15, -0.1) is 0 Å². The van der Waals surface area contributed by atoms with E-state index < -0.39 is 30.3 Å². The lowest BCUT2D eigenvalue weighted by Crippen LogP contribution is -2.44. The number of hydrogen-bond donors (Lipinski definition) is 1. The van der Waals surface area contributed by atoms with Gasteiger partial charge in [0.15, 0.2) is 6.04 Å². The number of aliphatic hydroxyl groups excluding tert-OH is 1. The van der Waals surface area contributed by atoms with Crippen molar-refractivity contribution in [3.8, 4) is 0 Å². The molecular weight excluding hydrogens is 238 g/mol. The molecule has 0 fully saturated rings. The molecule has 0 heterocycles. The minimum Gasteiger partial charge on any atom is -0.467 e. The van der Waals surface area contributed by atoms with E-state index in [0.717, 1.165) is 7.11 Å². The Labute approximate surface area is 99.2 Å². The van der Waals surface area contributed by atoms with E-state index in [1.54, 1.807) is 20.8 Å². The minimum atomic E-state index is -1.28. The summed E-state index contributed by atoms with van der Waals surface area (Å²) in [4.78, 5) is 22.6. The zero-order valence-electron chi connectivity index (χ0n) is 9.69. The van der Waals surface area contributed by atoms with E-state index in [1.807, 2.05) is 0 Å². The van der Waals surface area contributed by atoms with Crippen LogP contribution in [0.1, 0.15) is 20.8 Å². The first-order valence-electron chi connectivity index (χ1n) is 4.59. The number of aliphatic hydroxyl groups is 1. The predicted octanol–water partition coefficient (Wildman–Crippen LogP) is 0.911. The standard InChI is InChI=1S/C9H16ClNO5/c1-9(2,3)16-8(14)11(10)6(5-12)7(13)15-4/h6,12H,5H2,1-4H3/t6-/m0/s1. The van der Waals surface area contributed by atoms with E-state index in [9.17, 15) is 9.59 Å². The minimum absolute atomic E-state index is 0.483. The SMILES string of the molecule is COC(=O)[C@H](CO)N(Cl)C(=O)OC(C)(C)C. The second-order valence-electron chi connectivity index (χ2n) is 4.01. The molecule has 0 rings (SSSR count). The number of carbonyl (C=O) groups excluding carboxylic acids is 2. The summed E-state index contributed by atoms with van der Waals surface area (Å²) in [6.45, 7) is 4.32. The number of methoxy groups -OCH3 is 1. The highest BCUT2D eigenvalue weighted by atomic mass is 35.5. The van der Waals surface area contributed by atoms with Gasteiger partial charge in [-0.1, -0.05) is 0 Å². The molecule has 1 atom stereocenters. The Morgan fingerprint density at radius 2 is 1.94 bits per heavy atom. The fourth-order valence-corrected chi connectivity index (χ4v) is 0.983. The monoisotopic (exact) mass is 253 g/mol. The molecule has 0 saturated carbocycles. The highest BCUT2D eigenvalue weighted by Gasteiger charge is 2.32. The molecule has 0 aliphatic carbocycles. The lowest BCUT2D eigenvalue weighted by molar-refractivity contribution is -0.146. The van der Waals surface area contributed by atoms with Crippen LogP contribution in [0.3, 0.4) is 0 Å². The normalized spacial score (nSPS) is 12.9. The number of hydrogen-bond acceptors (Lipinski definition) is 5. The summed E-state index contributed by atoms with van der Waals surface area (Å²) in [6.07, 6.45) is -0.918. The van der Waals surface area contributed by atoms with Gasteiger partial charge in [-0.3, -0.25) is 0 Å². The fourth-order valence-electron chi connectivity index (χ4n) is 0.808. The maximum absolute atomic E-state index is 11.4. The summed E-state index contributed by atoms with van der Waals surface area (Å²) >= 11 is 5.58. The zero-order chi connectivity index (χ0) is 12.9. The molecule has 0 aliphatic rings. The van der Waals surface area contributed by atoms with E-state index in [1.165, 1.54) is 0 Å². The first-order valence-corrected chi connectivity index (χ1v) is 4.93. The summed E-state index contributed by atoms with van der Waals surface area (Å²) in [6, 6.07) is -1.28. The molecular formula is C9H16ClNO5. The number of carbonyl (C=O) groups is 2. The molecule has 0 aromatic carbocycles. The lowest BCUT2D eigenvalue weighted by atomic mass is 10.2. The molecule has 0 aromatic heterocycles. The Kier molecular flexibility index (Phi) is 5.53. The molecule has 0 spiro atoms. The van der Waals surface area contributed by atoms with Crippen LogP contribution in [-0.2, 0) is 14.3 Å². The molecule has 1 amide bonds. The summed E-state index contributed by atoms with van der Waals surface area (Å²) in [5, 5.41) is 8.91. The number of nitrogens with zero attached hydrogens (tertiary/aromatic N) is 1. The van der Waals surface area contributed by atoms with Crippen molar-refractivity contribution in [2.75, 3.05) is 13.7 Å². The molecule has 0 saturated heterocycles. The Morgan fingerprint density at radius 3 is 2.25 bits per heavy atom. The molecule has 1 N–H and O–H groups in total. The third kappa shape index (κ3) is 4.67. The quantitative estimate of drug-likeness (QED) is 0.598. The van der Waals surface area contributed by atoms with E-state index in [0.29, 0.717) is 4.42 Å². The summed E-state index contributed by atoms with van der Waals surface area (Å²) in [7, 11) is 1.13. The zero-order valence-corrected chi connectivity index (χ0v) is 10.4. The summed E-state index contributed by atoms with van der Waals surface area (Å²) in [5.41, 5.74) is -0.736. The van der Waals surface area contributed by atoms with E-state index >= 15 is 0 Å². The van der Waals surface area contributed by atoms with Crippen molar-refractivity contribution < 1.29 is 24.2 Å². The smallest absolute Gasteiger partial charge is 0.425 e. The van der Waals surface area contributed by atoms with Crippen molar-refractivity contribution in [3.63, 3.8) is 0 Å². The Balaban J connectivity index is 4.57. The van der Waals surface area contributed by atoms with Gasteiger partial charge in [0, 0.05) is 11.8 Å². The van der Waals surface area contributed by atoms with E-state index in [4.69, 9.17) is 21.6 Å². The van der Waals surface area contributed by atoms with Crippen LogP contribution in [-0.4, -0.2) is 46.9 Å². The first kappa shape index (κ1) is 15.0. The van der Waals surface area contributed by atoms with E-state index in [2.05, 4.69) is 4.74 Å². The van der Waals surface area contributed by atoms with Crippen LogP contribution >= 0.6 is 11.8 Å². The molecule has 94 valence electrons. The molecule has 0 aromatic rings. The van der Waals surface area contributed by atoms with Gasteiger partial charge in [0.25, 0.3) is 0 Å². The summed E-state index contributed by atoms with van der Waals surface area (Å²) < 4.78 is 9.77. The number of rotatable bonds is 3. The molecule has 0 radical (unpaired) electrons. The largest absolute Gasteiger partial charge is 0.467 e. The van der Waals surface area contributed by atoms with Gasteiger partial charge < -0.3 is 14.6 Å². The van der Waals surface area contributed by atoms with Crippen LogP contribution in [0.15, 0.2) is 0 Å². The van der Waals surface area contributed by atoms with Crippen molar-refractivity contribution in [3.05, 3.63) is 0 Å². The average Bonchev–Trinajstić information content (AvgIpc) is 2.15. The topological polar surface area (TPSA) is 76.1 Å². The Hall–Kier alpha value is -1.01. The predicted molar refractivity (Wildman–Crippen MR) is 56.8 cm³/mol. The van der Waals surface area contributed by atoms with Gasteiger partial charge in [0.05, 0.1) is 13.7 Å². The van der Waals surface area contributed by atoms with Crippen LogP contribution < -0.4 is 0 Å². The maximum atomic E-state index is 11.4. The molecule has 0 bridgehead atoms. The first-order chi connectivity index (χ1) is 7.22. The fraction of sp³-hybridized carbons (Fsp3) is 0.778. The van der Waals surface area contributed by atoms with E-state index in [-0.39, 0.29) is 0 Å². The average molecular weight is 254 g/mol. The summed E-state index contributed by atoms with van der Waals surface area (Å²) in [5.74, 6) is -0.816. The van der Waals surface area contributed by atoms with Gasteiger partial charge in [0.2, 0.25) is 0 Å². The Morgan fingerprint density at radius 1 is 1.44 bits per heavy atom. The van der Waals surface area contributed by atoms with Crippen LogP contribution in [0.4, 0.5) is 4.79 Å². The molecule has 6 nitrogen and oxygen atoms in total. The van der Waals surface area contributed by atoms with Crippen LogP contribution in [0.25, 0.3) is 0 Å². The third-order valence-corrected chi connectivity index (χ3v) is 1.86. The molecule has 0 unspecified atom stereocenters.